The molecule has 0 amide bonds. The fourth-order valence-corrected chi connectivity index (χ4v) is 2.66. The monoisotopic (exact) mass is 281 g/mol. The lowest BCUT2D eigenvalue weighted by Gasteiger charge is -2.18. The Kier molecular flexibility index (Phi) is 3.44. The van der Waals surface area contributed by atoms with Crippen LogP contribution in [0.3, 0.4) is 0 Å². The highest BCUT2D eigenvalue weighted by molar-refractivity contribution is 5.92. The van der Waals surface area contributed by atoms with Crippen molar-refractivity contribution >= 4 is 11.5 Å². The molecule has 1 heterocycles. The number of methoxy groups -OCH3 is 1. The molecule has 0 saturated carbocycles. The molecule has 4 heteroatoms. The van der Waals surface area contributed by atoms with E-state index in [-0.39, 0.29) is 11.5 Å². The lowest BCUT2D eigenvalue weighted by molar-refractivity contribution is 0.0600. The van der Waals surface area contributed by atoms with Crippen LogP contribution in [-0.4, -0.2) is 18.1 Å². The average molecular weight is 281 g/mol. The van der Waals surface area contributed by atoms with Gasteiger partial charge in [-0.05, 0) is 53.8 Å². The van der Waals surface area contributed by atoms with Crippen LogP contribution < -0.4 is 5.56 Å². The summed E-state index contributed by atoms with van der Waals surface area (Å²) in [4.78, 5) is 26.4. The predicted octanol–water partition coefficient (Wildman–Crippen LogP) is 2.54. The van der Waals surface area contributed by atoms with Gasteiger partial charge in [0.05, 0.1) is 12.7 Å². The van der Waals surface area contributed by atoms with Gasteiger partial charge in [-0.1, -0.05) is 12.1 Å². The molecular weight excluding hydrogens is 266 g/mol. The number of rotatable bonds is 2. The second kappa shape index (κ2) is 5.40. The third-order valence-corrected chi connectivity index (χ3v) is 3.69. The number of carbonyl (C=O) groups excluding carboxylic acids is 1. The van der Waals surface area contributed by atoms with Gasteiger partial charge in [0, 0.05) is 11.8 Å². The van der Waals surface area contributed by atoms with E-state index in [1.165, 1.54) is 7.11 Å². The molecule has 3 rings (SSSR count). The Balaban J connectivity index is 2.15. The average Bonchev–Trinajstić information content (AvgIpc) is 2.53. The van der Waals surface area contributed by atoms with E-state index in [2.05, 4.69) is 4.98 Å². The first-order valence-corrected chi connectivity index (χ1v) is 6.80. The molecule has 106 valence electrons. The molecule has 21 heavy (non-hydrogen) atoms. The summed E-state index contributed by atoms with van der Waals surface area (Å²) in [7, 11) is 1.36. The van der Waals surface area contributed by atoms with Crippen LogP contribution in [0.15, 0.2) is 47.4 Å². The van der Waals surface area contributed by atoms with E-state index in [0.717, 1.165) is 29.5 Å². The lowest BCUT2D eigenvalue weighted by atomic mass is 9.86. The maximum Gasteiger partial charge on any atom is 0.337 e. The van der Waals surface area contributed by atoms with Crippen molar-refractivity contribution in [1.82, 2.24) is 4.98 Å². The van der Waals surface area contributed by atoms with Gasteiger partial charge in [-0.3, -0.25) is 4.79 Å². The normalized spacial score (nSPS) is 13.3. The first-order chi connectivity index (χ1) is 10.2. The molecule has 1 aliphatic carbocycles. The number of aromatic amines is 1. The van der Waals surface area contributed by atoms with Crippen molar-refractivity contribution < 1.29 is 9.53 Å². The van der Waals surface area contributed by atoms with Gasteiger partial charge in [0.2, 0.25) is 0 Å². The number of aromatic nitrogens is 1. The zero-order valence-corrected chi connectivity index (χ0v) is 11.7. The summed E-state index contributed by atoms with van der Waals surface area (Å²) < 4.78 is 4.77. The van der Waals surface area contributed by atoms with Crippen LogP contribution in [0.2, 0.25) is 0 Å². The minimum absolute atomic E-state index is 0.125. The molecule has 0 spiro atoms. The molecule has 2 aromatic rings. The highest BCUT2D eigenvalue weighted by Crippen LogP contribution is 2.31. The van der Waals surface area contributed by atoms with Gasteiger partial charge >= 0.3 is 5.97 Å². The number of nitrogens with one attached hydrogen (secondary N) is 1. The number of benzene rings is 1. The first kappa shape index (κ1) is 13.4. The number of fused-ring (bicyclic) bond motifs is 1. The molecule has 0 unspecified atom stereocenters. The molecule has 1 aliphatic rings. The molecule has 0 bridgehead atoms. The standard InChI is InChI=1S/C17H15NO3/c1-21-17(20)12-8-7-11-4-2-5-13(15(11)10-12)14-6-3-9-18-16(14)19/h3,5-10H,2,4H2,1H3,(H,18,19). The van der Waals surface area contributed by atoms with E-state index >= 15 is 0 Å². The topological polar surface area (TPSA) is 59.2 Å². The Labute approximate surface area is 122 Å². The van der Waals surface area contributed by atoms with Crippen molar-refractivity contribution in [2.45, 2.75) is 12.8 Å². The van der Waals surface area contributed by atoms with Crippen molar-refractivity contribution in [3.8, 4) is 0 Å². The molecule has 1 N–H and O–H groups in total. The molecule has 1 aromatic carbocycles. The number of allylic oxidation sites excluding steroid dienone is 1. The van der Waals surface area contributed by atoms with Crippen molar-refractivity contribution in [3.63, 3.8) is 0 Å². The van der Waals surface area contributed by atoms with Crippen molar-refractivity contribution in [2.75, 3.05) is 7.11 Å². The molecule has 0 fully saturated rings. The highest BCUT2D eigenvalue weighted by atomic mass is 16.5. The van der Waals surface area contributed by atoms with Crippen LogP contribution in [0, 0.1) is 0 Å². The summed E-state index contributed by atoms with van der Waals surface area (Å²) >= 11 is 0. The maximum absolute atomic E-state index is 12.0. The van der Waals surface area contributed by atoms with Crippen molar-refractivity contribution in [1.29, 1.82) is 0 Å². The summed E-state index contributed by atoms with van der Waals surface area (Å²) in [6.07, 6.45) is 5.45. The van der Waals surface area contributed by atoms with Crippen LogP contribution >= 0.6 is 0 Å². The van der Waals surface area contributed by atoms with Gasteiger partial charge in [0.25, 0.3) is 5.56 Å². The van der Waals surface area contributed by atoms with Crippen LogP contribution in [-0.2, 0) is 11.2 Å². The van der Waals surface area contributed by atoms with E-state index in [0.29, 0.717) is 11.1 Å². The molecule has 0 atom stereocenters. The zero-order chi connectivity index (χ0) is 14.8. The maximum atomic E-state index is 12.0. The van der Waals surface area contributed by atoms with E-state index in [1.807, 2.05) is 12.1 Å². The Bertz CT molecular complexity index is 787. The second-order valence-electron chi connectivity index (χ2n) is 4.93. The molecule has 4 nitrogen and oxygen atoms in total. The number of hydrogen-bond donors (Lipinski definition) is 1. The van der Waals surface area contributed by atoms with E-state index in [9.17, 15) is 9.59 Å². The van der Waals surface area contributed by atoms with Gasteiger partial charge < -0.3 is 9.72 Å². The molecule has 0 radical (unpaired) electrons. The van der Waals surface area contributed by atoms with E-state index in [1.54, 1.807) is 30.5 Å². The SMILES string of the molecule is COC(=O)c1ccc2c(c1)C(c1ccc[nH]c1=O)=CCC2. The molecule has 0 saturated heterocycles. The van der Waals surface area contributed by atoms with Gasteiger partial charge in [-0.25, -0.2) is 4.79 Å². The van der Waals surface area contributed by atoms with Crippen LogP contribution in [0.1, 0.15) is 33.5 Å². The Hall–Kier alpha value is -2.62. The molecular formula is C17H15NO3. The predicted molar refractivity (Wildman–Crippen MR) is 80.2 cm³/mol. The second-order valence-corrected chi connectivity index (χ2v) is 4.93. The Morgan fingerprint density at radius 1 is 1.24 bits per heavy atom. The van der Waals surface area contributed by atoms with Gasteiger partial charge in [-0.15, -0.1) is 0 Å². The third kappa shape index (κ3) is 2.40. The number of esters is 1. The van der Waals surface area contributed by atoms with E-state index in [4.69, 9.17) is 4.74 Å². The highest BCUT2D eigenvalue weighted by Gasteiger charge is 2.18. The number of aryl methyl sites for hydroxylation is 1. The van der Waals surface area contributed by atoms with E-state index < -0.39 is 0 Å². The Morgan fingerprint density at radius 3 is 2.86 bits per heavy atom. The quantitative estimate of drug-likeness (QED) is 0.861. The van der Waals surface area contributed by atoms with Gasteiger partial charge in [0.1, 0.15) is 0 Å². The fourth-order valence-electron chi connectivity index (χ4n) is 2.66. The smallest absolute Gasteiger partial charge is 0.337 e. The largest absolute Gasteiger partial charge is 0.465 e. The number of H-pyrrole nitrogens is 1. The summed E-state index contributed by atoms with van der Waals surface area (Å²) in [5.41, 5.74) is 3.95. The number of ether oxygens (including phenoxy) is 1. The fraction of sp³-hybridized carbons (Fsp3) is 0.176. The summed E-state index contributed by atoms with van der Waals surface area (Å²) in [5.74, 6) is -0.371. The summed E-state index contributed by atoms with van der Waals surface area (Å²) in [6, 6.07) is 9.10. The number of pyridine rings is 1. The van der Waals surface area contributed by atoms with Crippen LogP contribution in [0.25, 0.3) is 5.57 Å². The van der Waals surface area contributed by atoms with Gasteiger partial charge in [0.15, 0.2) is 0 Å². The summed E-state index contributed by atoms with van der Waals surface area (Å²) in [6.45, 7) is 0. The Morgan fingerprint density at radius 2 is 2.10 bits per heavy atom. The number of hydrogen-bond acceptors (Lipinski definition) is 3. The van der Waals surface area contributed by atoms with Crippen LogP contribution in [0.5, 0.6) is 0 Å². The van der Waals surface area contributed by atoms with Crippen LogP contribution in [0.4, 0.5) is 0 Å². The molecule has 0 aliphatic heterocycles. The first-order valence-electron chi connectivity index (χ1n) is 6.80. The minimum atomic E-state index is -0.371. The number of carbonyl (C=O) groups is 1. The van der Waals surface area contributed by atoms with Crippen molar-refractivity contribution in [2.24, 2.45) is 0 Å². The van der Waals surface area contributed by atoms with Gasteiger partial charge in [-0.2, -0.15) is 0 Å². The van der Waals surface area contributed by atoms with Crippen molar-refractivity contribution in [3.05, 3.63) is 75.2 Å². The molecule has 1 aromatic heterocycles. The zero-order valence-electron chi connectivity index (χ0n) is 11.7. The third-order valence-electron chi connectivity index (χ3n) is 3.69. The summed E-state index contributed by atoms with van der Waals surface area (Å²) in [5, 5.41) is 0. The minimum Gasteiger partial charge on any atom is -0.465 e. The lowest BCUT2D eigenvalue weighted by Crippen LogP contribution is -2.14.